The van der Waals surface area contributed by atoms with Crippen LogP contribution >= 0.6 is 0 Å². The Labute approximate surface area is 173 Å². The molecule has 0 aliphatic heterocycles. The van der Waals surface area contributed by atoms with Gasteiger partial charge in [0.15, 0.2) is 6.10 Å². The monoisotopic (exact) mass is 397 g/mol. The zero-order chi connectivity index (χ0) is 21.4. The van der Waals surface area contributed by atoms with E-state index >= 15 is 0 Å². The summed E-state index contributed by atoms with van der Waals surface area (Å²) in [5.41, 5.74) is 3.47. The van der Waals surface area contributed by atoms with Gasteiger partial charge >= 0.3 is 5.97 Å². The van der Waals surface area contributed by atoms with Crippen LogP contribution in [-0.4, -0.2) is 24.6 Å². The largest absolute Gasteiger partial charge is 0.481 e. The van der Waals surface area contributed by atoms with Crippen molar-refractivity contribution >= 4 is 17.6 Å². The van der Waals surface area contributed by atoms with Crippen LogP contribution < -0.4 is 10.1 Å². The van der Waals surface area contributed by atoms with Crippen LogP contribution in [0.25, 0.3) is 0 Å². The first-order valence-corrected chi connectivity index (χ1v) is 10.2. The van der Waals surface area contributed by atoms with E-state index in [1.165, 1.54) is 5.56 Å². The summed E-state index contributed by atoms with van der Waals surface area (Å²) in [4.78, 5) is 24.4. The van der Waals surface area contributed by atoms with Crippen molar-refractivity contribution in [3.05, 3.63) is 59.2 Å². The highest BCUT2D eigenvalue weighted by molar-refractivity contribution is 5.95. The molecule has 2 rings (SSSR count). The topological polar surface area (TPSA) is 64.6 Å². The second-order valence-electron chi connectivity index (χ2n) is 7.49. The number of ether oxygens (including phenoxy) is 2. The van der Waals surface area contributed by atoms with Crippen LogP contribution in [0.2, 0.25) is 0 Å². The van der Waals surface area contributed by atoms with E-state index in [2.05, 4.69) is 19.2 Å². The number of aryl methyl sites for hydroxylation is 1. The second-order valence-corrected chi connectivity index (χ2v) is 7.49. The molecule has 0 saturated heterocycles. The van der Waals surface area contributed by atoms with E-state index in [0.717, 1.165) is 18.4 Å². The van der Waals surface area contributed by atoms with Crippen molar-refractivity contribution in [3.63, 3.8) is 0 Å². The summed E-state index contributed by atoms with van der Waals surface area (Å²) in [6.07, 6.45) is 1.16. The zero-order valence-electron chi connectivity index (χ0n) is 18.0. The molecule has 0 aliphatic rings. The summed E-state index contributed by atoms with van der Waals surface area (Å²) in [5.74, 6) is 0.499. The van der Waals surface area contributed by atoms with Crippen LogP contribution in [0, 0.1) is 6.92 Å². The van der Waals surface area contributed by atoms with Crippen molar-refractivity contribution in [1.82, 2.24) is 0 Å². The summed E-state index contributed by atoms with van der Waals surface area (Å²) in [7, 11) is 0. The van der Waals surface area contributed by atoms with Crippen LogP contribution in [0.1, 0.15) is 67.9 Å². The molecule has 5 heteroatoms. The lowest BCUT2D eigenvalue weighted by atomic mass is 9.98. The Bertz CT molecular complexity index is 827. The van der Waals surface area contributed by atoms with Gasteiger partial charge in [-0.1, -0.05) is 33.3 Å². The Morgan fingerprint density at radius 3 is 2.31 bits per heavy atom. The molecule has 5 nitrogen and oxygen atoms in total. The van der Waals surface area contributed by atoms with Crippen molar-refractivity contribution in [2.45, 2.75) is 59.5 Å². The van der Waals surface area contributed by atoms with E-state index in [1.807, 2.05) is 32.0 Å². The lowest BCUT2D eigenvalue weighted by Crippen LogP contribution is -2.30. The SMILES string of the molecule is CCCCOC(=O)c1ccc(NC(=O)C(C)Oc2ccc(C(C)C)c(C)c2)cc1. The first-order chi connectivity index (χ1) is 13.8. The molecule has 0 heterocycles. The quantitative estimate of drug-likeness (QED) is 0.449. The van der Waals surface area contributed by atoms with Crippen LogP contribution in [0.15, 0.2) is 42.5 Å². The van der Waals surface area contributed by atoms with Gasteiger partial charge < -0.3 is 14.8 Å². The summed E-state index contributed by atoms with van der Waals surface area (Å²) in [6.45, 7) is 10.5. The maximum atomic E-state index is 12.4. The standard InChI is InChI=1S/C24H31NO4/c1-6-7-14-28-24(27)19-8-10-20(11-9-19)25-23(26)18(5)29-21-12-13-22(16(2)3)17(4)15-21/h8-13,15-16,18H,6-7,14H2,1-5H3,(H,25,26). The van der Waals surface area contributed by atoms with Gasteiger partial charge in [-0.2, -0.15) is 0 Å². The number of anilines is 1. The smallest absolute Gasteiger partial charge is 0.338 e. The third kappa shape index (κ3) is 6.63. The van der Waals surface area contributed by atoms with E-state index in [4.69, 9.17) is 9.47 Å². The van der Waals surface area contributed by atoms with Gasteiger partial charge in [-0.3, -0.25) is 4.79 Å². The summed E-state index contributed by atoms with van der Waals surface area (Å²) >= 11 is 0. The third-order valence-electron chi connectivity index (χ3n) is 4.66. The summed E-state index contributed by atoms with van der Waals surface area (Å²) < 4.78 is 11.0. The molecular formula is C24H31NO4. The molecule has 2 aromatic carbocycles. The first-order valence-electron chi connectivity index (χ1n) is 10.2. The van der Waals surface area contributed by atoms with Gasteiger partial charge in [0.1, 0.15) is 5.75 Å². The van der Waals surface area contributed by atoms with E-state index in [9.17, 15) is 9.59 Å². The minimum absolute atomic E-state index is 0.256. The second kappa shape index (κ2) is 10.6. The fraction of sp³-hybridized carbons (Fsp3) is 0.417. The first kappa shape index (κ1) is 22.5. The molecule has 156 valence electrons. The number of carbonyl (C=O) groups is 2. The average molecular weight is 398 g/mol. The Hall–Kier alpha value is -2.82. The van der Waals surface area contributed by atoms with Crippen molar-refractivity contribution in [2.75, 3.05) is 11.9 Å². The lowest BCUT2D eigenvalue weighted by Gasteiger charge is -2.17. The molecule has 0 spiro atoms. The number of hydrogen-bond acceptors (Lipinski definition) is 4. The highest BCUT2D eigenvalue weighted by Crippen LogP contribution is 2.24. The molecule has 1 amide bonds. The fourth-order valence-corrected chi connectivity index (χ4v) is 2.95. The molecule has 0 saturated carbocycles. The van der Waals surface area contributed by atoms with Crippen molar-refractivity contribution in [3.8, 4) is 5.75 Å². The van der Waals surface area contributed by atoms with E-state index < -0.39 is 6.10 Å². The van der Waals surface area contributed by atoms with Gasteiger partial charge in [0.25, 0.3) is 5.91 Å². The van der Waals surface area contributed by atoms with Gasteiger partial charge in [0.05, 0.1) is 12.2 Å². The molecule has 1 unspecified atom stereocenters. The van der Waals surface area contributed by atoms with Crippen LogP contribution in [0.3, 0.4) is 0 Å². The number of benzene rings is 2. The van der Waals surface area contributed by atoms with Crippen molar-refractivity contribution < 1.29 is 19.1 Å². The number of hydrogen-bond donors (Lipinski definition) is 1. The Morgan fingerprint density at radius 1 is 1.03 bits per heavy atom. The van der Waals surface area contributed by atoms with Crippen LogP contribution in [-0.2, 0) is 9.53 Å². The molecular weight excluding hydrogens is 366 g/mol. The van der Waals surface area contributed by atoms with Crippen LogP contribution in [0.4, 0.5) is 5.69 Å². The molecule has 0 aliphatic carbocycles. The van der Waals surface area contributed by atoms with Gasteiger partial charge in [-0.05, 0) is 73.7 Å². The Morgan fingerprint density at radius 2 is 1.72 bits per heavy atom. The maximum absolute atomic E-state index is 12.4. The average Bonchev–Trinajstić information content (AvgIpc) is 2.68. The fourth-order valence-electron chi connectivity index (χ4n) is 2.95. The summed E-state index contributed by atoms with van der Waals surface area (Å²) in [5, 5.41) is 2.81. The molecule has 0 radical (unpaired) electrons. The molecule has 0 aromatic heterocycles. The Kier molecular flexibility index (Phi) is 8.25. The predicted molar refractivity (Wildman–Crippen MR) is 116 cm³/mol. The number of carbonyl (C=O) groups excluding carboxylic acids is 2. The highest BCUT2D eigenvalue weighted by Gasteiger charge is 2.16. The summed E-state index contributed by atoms with van der Waals surface area (Å²) in [6, 6.07) is 12.5. The van der Waals surface area contributed by atoms with Gasteiger partial charge in [0.2, 0.25) is 0 Å². The molecule has 1 atom stereocenters. The highest BCUT2D eigenvalue weighted by atomic mass is 16.5. The third-order valence-corrected chi connectivity index (χ3v) is 4.66. The molecule has 29 heavy (non-hydrogen) atoms. The minimum Gasteiger partial charge on any atom is -0.481 e. The lowest BCUT2D eigenvalue weighted by molar-refractivity contribution is -0.122. The zero-order valence-corrected chi connectivity index (χ0v) is 18.0. The van der Waals surface area contributed by atoms with Gasteiger partial charge in [-0.25, -0.2) is 4.79 Å². The molecule has 0 bridgehead atoms. The number of rotatable bonds is 9. The van der Waals surface area contributed by atoms with E-state index in [1.54, 1.807) is 31.2 Å². The molecule has 0 fully saturated rings. The van der Waals surface area contributed by atoms with Crippen molar-refractivity contribution in [1.29, 1.82) is 0 Å². The Balaban J connectivity index is 1.92. The normalized spacial score (nSPS) is 11.8. The maximum Gasteiger partial charge on any atom is 0.338 e. The van der Waals surface area contributed by atoms with Crippen LogP contribution in [0.5, 0.6) is 5.75 Å². The molecule has 2 aromatic rings. The number of amides is 1. The van der Waals surface area contributed by atoms with Gasteiger partial charge in [-0.15, -0.1) is 0 Å². The van der Waals surface area contributed by atoms with E-state index in [0.29, 0.717) is 29.5 Å². The van der Waals surface area contributed by atoms with E-state index in [-0.39, 0.29) is 11.9 Å². The van der Waals surface area contributed by atoms with Crippen molar-refractivity contribution in [2.24, 2.45) is 0 Å². The number of unbranched alkanes of at least 4 members (excludes halogenated alkanes) is 1. The predicted octanol–water partition coefficient (Wildman–Crippen LogP) is 5.48. The molecule has 1 N–H and O–H groups in total. The number of nitrogens with one attached hydrogen (secondary N) is 1. The number of esters is 1. The minimum atomic E-state index is -0.655. The van der Waals surface area contributed by atoms with Gasteiger partial charge in [0, 0.05) is 5.69 Å².